The van der Waals surface area contributed by atoms with Gasteiger partial charge in [-0.3, -0.25) is 4.98 Å². The fourth-order valence-corrected chi connectivity index (χ4v) is 1.64. The van der Waals surface area contributed by atoms with E-state index in [0.717, 1.165) is 16.8 Å². The van der Waals surface area contributed by atoms with Gasteiger partial charge in [-0.25, -0.2) is 0 Å². The number of rotatable bonds is 2. The summed E-state index contributed by atoms with van der Waals surface area (Å²) >= 11 is 0. The van der Waals surface area contributed by atoms with Crippen LogP contribution < -0.4 is 0 Å². The van der Waals surface area contributed by atoms with Crippen LogP contribution in [0.1, 0.15) is 11.1 Å². The molecule has 2 aromatic rings. The third-order valence-electron chi connectivity index (χ3n) is 2.53. The van der Waals surface area contributed by atoms with Crippen molar-refractivity contribution in [3.05, 3.63) is 53.7 Å². The summed E-state index contributed by atoms with van der Waals surface area (Å²) in [6.45, 7) is 2.07. The van der Waals surface area contributed by atoms with Gasteiger partial charge in [-0.05, 0) is 24.1 Å². The van der Waals surface area contributed by atoms with Crippen molar-refractivity contribution in [3.8, 4) is 17.3 Å². The molecule has 0 bridgehead atoms. The molecule has 78 valence electrons. The third-order valence-corrected chi connectivity index (χ3v) is 2.53. The number of nitriles is 1. The lowest BCUT2D eigenvalue weighted by Gasteiger charge is -2.04. The summed E-state index contributed by atoms with van der Waals surface area (Å²) in [7, 11) is 0. The molecule has 0 radical (unpaired) electrons. The monoisotopic (exact) mass is 208 g/mol. The molecule has 2 nitrogen and oxygen atoms in total. The van der Waals surface area contributed by atoms with Gasteiger partial charge in [-0.2, -0.15) is 5.26 Å². The molecule has 0 N–H and O–H groups in total. The molecular formula is C14H12N2. The summed E-state index contributed by atoms with van der Waals surface area (Å²) < 4.78 is 0. The van der Waals surface area contributed by atoms with Gasteiger partial charge in [0.15, 0.2) is 0 Å². The van der Waals surface area contributed by atoms with Crippen molar-refractivity contribution in [2.75, 3.05) is 0 Å². The molecule has 0 aliphatic carbocycles. The minimum Gasteiger partial charge on any atom is -0.256 e. The first-order valence-corrected chi connectivity index (χ1v) is 5.19. The third kappa shape index (κ3) is 2.09. The molecule has 0 saturated heterocycles. The van der Waals surface area contributed by atoms with E-state index in [0.29, 0.717) is 6.42 Å². The molecule has 2 rings (SSSR count). The van der Waals surface area contributed by atoms with E-state index in [1.807, 2.05) is 24.3 Å². The maximum Gasteiger partial charge on any atom is 0.0704 e. The van der Waals surface area contributed by atoms with Crippen molar-refractivity contribution in [2.45, 2.75) is 13.3 Å². The summed E-state index contributed by atoms with van der Waals surface area (Å²) in [5, 5.41) is 8.57. The Morgan fingerprint density at radius 3 is 2.62 bits per heavy atom. The van der Waals surface area contributed by atoms with E-state index in [9.17, 15) is 0 Å². The highest BCUT2D eigenvalue weighted by Crippen LogP contribution is 2.20. The number of benzene rings is 1. The number of aromatic nitrogens is 1. The van der Waals surface area contributed by atoms with E-state index in [-0.39, 0.29) is 0 Å². The van der Waals surface area contributed by atoms with Crippen molar-refractivity contribution < 1.29 is 0 Å². The molecule has 0 atom stereocenters. The Morgan fingerprint density at radius 1 is 1.19 bits per heavy atom. The first-order chi connectivity index (χ1) is 7.81. The highest BCUT2D eigenvalue weighted by Gasteiger charge is 2.01. The van der Waals surface area contributed by atoms with E-state index in [1.54, 1.807) is 6.20 Å². The summed E-state index contributed by atoms with van der Waals surface area (Å²) in [5.41, 5.74) is 4.27. The Bertz CT molecular complexity index is 521. The maximum atomic E-state index is 8.57. The molecular weight excluding hydrogens is 196 g/mol. The fraction of sp³-hybridized carbons (Fsp3) is 0.143. The lowest BCUT2D eigenvalue weighted by molar-refractivity contribution is 1.19. The van der Waals surface area contributed by atoms with Crippen LogP contribution in [-0.2, 0) is 6.42 Å². The van der Waals surface area contributed by atoms with E-state index < -0.39 is 0 Å². The minimum absolute atomic E-state index is 0.418. The van der Waals surface area contributed by atoms with Crippen molar-refractivity contribution in [2.24, 2.45) is 0 Å². The molecule has 0 fully saturated rings. The Balaban J connectivity index is 2.36. The molecule has 0 saturated carbocycles. The molecule has 16 heavy (non-hydrogen) atoms. The van der Waals surface area contributed by atoms with Gasteiger partial charge in [0.1, 0.15) is 0 Å². The standard InChI is InChI=1S/C14H12N2/c1-11-4-2-3-5-13(11)14-7-6-12(8-9-15)10-16-14/h2-7,10H,8H2,1H3. The first kappa shape index (κ1) is 10.4. The molecule has 0 amide bonds. The van der Waals surface area contributed by atoms with Crippen LogP contribution in [0, 0.1) is 18.3 Å². The quantitative estimate of drug-likeness (QED) is 0.760. The van der Waals surface area contributed by atoms with Crippen LogP contribution in [0.3, 0.4) is 0 Å². The Kier molecular flexibility index (Phi) is 2.98. The van der Waals surface area contributed by atoms with Crippen LogP contribution >= 0.6 is 0 Å². The minimum atomic E-state index is 0.418. The zero-order chi connectivity index (χ0) is 11.4. The lowest BCUT2D eigenvalue weighted by atomic mass is 10.0. The van der Waals surface area contributed by atoms with E-state index in [2.05, 4.69) is 30.1 Å². The molecule has 0 aliphatic heterocycles. The highest BCUT2D eigenvalue weighted by molar-refractivity contribution is 5.63. The average Bonchev–Trinajstić information content (AvgIpc) is 2.31. The fourth-order valence-electron chi connectivity index (χ4n) is 1.64. The zero-order valence-corrected chi connectivity index (χ0v) is 9.14. The van der Waals surface area contributed by atoms with E-state index >= 15 is 0 Å². The Morgan fingerprint density at radius 2 is 2.00 bits per heavy atom. The lowest BCUT2D eigenvalue weighted by Crippen LogP contribution is -1.89. The van der Waals surface area contributed by atoms with Crippen molar-refractivity contribution in [3.63, 3.8) is 0 Å². The maximum absolute atomic E-state index is 8.57. The van der Waals surface area contributed by atoms with Crippen LogP contribution in [0.5, 0.6) is 0 Å². The molecule has 0 aliphatic rings. The first-order valence-electron chi connectivity index (χ1n) is 5.19. The smallest absolute Gasteiger partial charge is 0.0704 e. The second-order valence-corrected chi connectivity index (χ2v) is 3.70. The van der Waals surface area contributed by atoms with Crippen molar-refractivity contribution >= 4 is 0 Å². The molecule has 1 heterocycles. The van der Waals surface area contributed by atoms with Gasteiger partial charge in [0.25, 0.3) is 0 Å². The number of hydrogen-bond donors (Lipinski definition) is 0. The van der Waals surface area contributed by atoms with E-state index in [1.165, 1.54) is 5.56 Å². The Labute approximate surface area is 95.2 Å². The van der Waals surface area contributed by atoms with Gasteiger partial charge in [0.05, 0.1) is 18.2 Å². The normalized spacial score (nSPS) is 9.75. The van der Waals surface area contributed by atoms with Crippen LogP contribution in [0.4, 0.5) is 0 Å². The SMILES string of the molecule is Cc1ccccc1-c1ccc(CC#N)cn1. The number of hydrogen-bond acceptors (Lipinski definition) is 2. The van der Waals surface area contributed by atoms with Gasteiger partial charge in [0, 0.05) is 11.8 Å². The number of pyridine rings is 1. The number of nitrogens with zero attached hydrogens (tertiary/aromatic N) is 2. The van der Waals surface area contributed by atoms with Gasteiger partial charge in [-0.1, -0.05) is 30.3 Å². The largest absolute Gasteiger partial charge is 0.256 e. The van der Waals surface area contributed by atoms with E-state index in [4.69, 9.17) is 5.26 Å². The van der Waals surface area contributed by atoms with Gasteiger partial charge >= 0.3 is 0 Å². The molecule has 1 aromatic heterocycles. The Hall–Kier alpha value is -2.14. The summed E-state index contributed by atoms with van der Waals surface area (Å²) in [6, 6.07) is 14.2. The average molecular weight is 208 g/mol. The van der Waals surface area contributed by atoms with Crippen molar-refractivity contribution in [1.29, 1.82) is 5.26 Å². The highest BCUT2D eigenvalue weighted by atomic mass is 14.7. The summed E-state index contributed by atoms with van der Waals surface area (Å²) in [6.07, 6.45) is 2.19. The predicted octanol–water partition coefficient (Wildman–Crippen LogP) is 3.12. The second-order valence-electron chi connectivity index (χ2n) is 3.70. The summed E-state index contributed by atoms with van der Waals surface area (Å²) in [4.78, 5) is 4.38. The van der Waals surface area contributed by atoms with Crippen LogP contribution in [0.15, 0.2) is 42.6 Å². The van der Waals surface area contributed by atoms with Crippen LogP contribution in [-0.4, -0.2) is 4.98 Å². The predicted molar refractivity (Wildman–Crippen MR) is 63.7 cm³/mol. The van der Waals surface area contributed by atoms with Crippen molar-refractivity contribution in [1.82, 2.24) is 4.98 Å². The molecule has 2 heteroatoms. The van der Waals surface area contributed by atoms with Crippen LogP contribution in [0.25, 0.3) is 11.3 Å². The molecule has 0 spiro atoms. The number of aryl methyl sites for hydroxylation is 1. The molecule has 0 unspecified atom stereocenters. The van der Waals surface area contributed by atoms with Gasteiger partial charge in [0.2, 0.25) is 0 Å². The summed E-state index contributed by atoms with van der Waals surface area (Å²) in [5.74, 6) is 0. The zero-order valence-electron chi connectivity index (χ0n) is 9.14. The molecule has 1 aromatic carbocycles. The van der Waals surface area contributed by atoms with Crippen LogP contribution in [0.2, 0.25) is 0 Å². The topological polar surface area (TPSA) is 36.7 Å². The second kappa shape index (κ2) is 4.59. The van der Waals surface area contributed by atoms with Gasteiger partial charge in [-0.15, -0.1) is 0 Å². The van der Waals surface area contributed by atoms with Gasteiger partial charge < -0.3 is 0 Å².